The maximum Gasteiger partial charge on any atom is 0.273 e. The van der Waals surface area contributed by atoms with Crippen LogP contribution in [0.5, 0.6) is 0 Å². The fourth-order valence-electron chi connectivity index (χ4n) is 2.63. The third kappa shape index (κ3) is 3.91. The molecule has 0 saturated carbocycles. The molecular weight excluding hydrogens is 299 g/mol. The number of rotatable bonds is 4. The average molecular weight is 315 g/mol. The lowest BCUT2D eigenvalue weighted by Gasteiger charge is -2.32. The highest BCUT2D eigenvalue weighted by molar-refractivity contribution is 6.17. The number of amides is 1. The highest BCUT2D eigenvalue weighted by Crippen LogP contribution is 2.23. The predicted molar refractivity (Wildman–Crippen MR) is 77.0 cm³/mol. The summed E-state index contributed by atoms with van der Waals surface area (Å²) in [4.78, 5) is 24.0. The number of nitrogens with zero attached hydrogens (tertiary/aromatic N) is 2. The largest absolute Gasteiger partial charge is 0.338 e. The Hall–Kier alpha value is -1.69. The molecule has 1 heterocycles. The molecule has 0 aromatic heterocycles. The lowest BCUT2D eigenvalue weighted by molar-refractivity contribution is -0.385. The molecule has 1 aliphatic heterocycles. The van der Waals surface area contributed by atoms with E-state index in [1.807, 2.05) is 0 Å². The van der Waals surface area contributed by atoms with Crippen molar-refractivity contribution in [2.75, 3.05) is 19.0 Å². The SMILES string of the molecule is O=C(c1cc(F)cc([N+](=O)[O-])c1)N1CCCC(CCCl)C1. The van der Waals surface area contributed by atoms with Gasteiger partial charge in [0, 0.05) is 30.6 Å². The second-order valence-electron chi connectivity index (χ2n) is 5.19. The van der Waals surface area contributed by atoms with Crippen LogP contribution in [0.25, 0.3) is 0 Å². The minimum Gasteiger partial charge on any atom is -0.338 e. The summed E-state index contributed by atoms with van der Waals surface area (Å²) in [6.07, 6.45) is 2.71. The monoisotopic (exact) mass is 314 g/mol. The van der Waals surface area contributed by atoms with Gasteiger partial charge in [-0.05, 0) is 31.2 Å². The number of hydrogen-bond donors (Lipinski definition) is 0. The standard InChI is InChI=1S/C14H16ClFN2O3/c15-4-3-10-2-1-5-17(9-10)14(19)11-6-12(16)8-13(7-11)18(20)21/h6-8,10H,1-5,9H2. The molecule has 2 rings (SSSR count). The van der Waals surface area contributed by atoms with Crippen LogP contribution in [0.4, 0.5) is 10.1 Å². The Morgan fingerprint density at radius 3 is 2.90 bits per heavy atom. The lowest BCUT2D eigenvalue weighted by atomic mass is 9.95. The number of piperidine rings is 1. The Kier molecular flexibility index (Phi) is 5.12. The summed E-state index contributed by atoms with van der Waals surface area (Å²) < 4.78 is 13.4. The van der Waals surface area contributed by atoms with Crippen molar-refractivity contribution in [2.45, 2.75) is 19.3 Å². The van der Waals surface area contributed by atoms with Crippen LogP contribution in [-0.2, 0) is 0 Å². The van der Waals surface area contributed by atoms with Crippen molar-refractivity contribution >= 4 is 23.2 Å². The minimum absolute atomic E-state index is 0.0215. The van der Waals surface area contributed by atoms with Gasteiger partial charge in [-0.2, -0.15) is 0 Å². The fraction of sp³-hybridized carbons (Fsp3) is 0.500. The molecule has 0 radical (unpaired) electrons. The van der Waals surface area contributed by atoms with Gasteiger partial charge in [-0.3, -0.25) is 14.9 Å². The lowest BCUT2D eigenvalue weighted by Crippen LogP contribution is -2.40. The van der Waals surface area contributed by atoms with Crippen LogP contribution in [0.2, 0.25) is 0 Å². The molecule has 1 aliphatic rings. The zero-order chi connectivity index (χ0) is 15.4. The van der Waals surface area contributed by atoms with Gasteiger partial charge in [0.2, 0.25) is 0 Å². The molecule has 1 fully saturated rings. The summed E-state index contributed by atoms with van der Waals surface area (Å²) in [6, 6.07) is 2.97. The van der Waals surface area contributed by atoms with Crippen molar-refractivity contribution in [1.82, 2.24) is 4.90 Å². The molecule has 1 amide bonds. The first-order valence-electron chi connectivity index (χ1n) is 6.81. The first kappa shape index (κ1) is 15.7. The molecule has 0 bridgehead atoms. The summed E-state index contributed by atoms with van der Waals surface area (Å²) in [7, 11) is 0. The van der Waals surface area contributed by atoms with Gasteiger partial charge in [0.05, 0.1) is 11.0 Å². The maximum atomic E-state index is 13.4. The molecule has 1 aromatic rings. The molecule has 0 aliphatic carbocycles. The van der Waals surface area contributed by atoms with E-state index in [4.69, 9.17) is 11.6 Å². The van der Waals surface area contributed by atoms with E-state index in [2.05, 4.69) is 0 Å². The molecule has 0 spiro atoms. The predicted octanol–water partition coefficient (Wildman–Crippen LogP) is 3.22. The molecule has 0 N–H and O–H groups in total. The van der Waals surface area contributed by atoms with E-state index in [1.54, 1.807) is 4.90 Å². The Morgan fingerprint density at radius 1 is 1.48 bits per heavy atom. The summed E-state index contributed by atoms with van der Waals surface area (Å²) in [5.74, 6) is -0.263. The topological polar surface area (TPSA) is 63.4 Å². The number of non-ortho nitro benzene ring substituents is 1. The highest BCUT2D eigenvalue weighted by atomic mass is 35.5. The van der Waals surface area contributed by atoms with Crippen molar-refractivity contribution in [3.05, 3.63) is 39.7 Å². The van der Waals surface area contributed by atoms with Crippen molar-refractivity contribution in [3.8, 4) is 0 Å². The fourth-order valence-corrected chi connectivity index (χ4v) is 2.93. The number of nitro benzene ring substituents is 1. The molecule has 7 heteroatoms. The van der Waals surface area contributed by atoms with Crippen molar-refractivity contribution in [3.63, 3.8) is 0 Å². The third-order valence-corrected chi connectivity index (χ3v) is 3.88. The summed E-state index contributed by atoms with van der Waals surface area (Å²) >= 11 is 5.73. The van der Waals surface area contributed by atoms with Gasteiger partial charge in [0.15, 0.2) is 0 Å². The quantitative estimate of drug-likeness (QED) is 0.487. The number of carbonyl (C=O) groups excluding carboxylic acids is 1. The van der Waals surface area contributed by atoms with Gasteiger partial charge < -0.3 is 4.90 Å². The number of halogens is 2. The summed E-state index contributed by atoms with van der Waals surface area (Å²) in [6.45, 7) is 1.15. The number of benzene rings is 1. The second-order valence-corrected chi connectivity index (χ2v) is 5.57. The molecule has 21 heavy (non-hydrogen) atoms. The minimum atomic E-state index is -0.776. The molecule has 1 unspecified atom stereocenters. The molecule has 114 valence electrons. The average Bonchev–Trinajstić information content (AvgIpc) is 2.46. The normalized spacial score (nSPS) is 18.6. The zero-order valence-electron chi connectivity index (χ0n) is 11.4. The van der Waals surface area contributed by atoms with E-state index >= 15 is 0 Å². The summed E-state index contributed by atoms with van der Waals surface area (Å²) in [5, 5.41) is 10.7. The number of likely N-dealkylation sites (tertiary alicyclic amines) is 1. The second kappa shape index (κ2) is 6.85. The van der Waals surface area contributed by atoms with Crippen LogP contribution in [0.15, 0.2) is 18.2 Å². The van der Waals surface area contributed by atoms with Crippen LogP contribution in [0.1, 0.15) is 29.6 Å². The molecule has 1 atom stereocenters. The molecule has 1 aromatic carbocycles. The van der Waals surface area contributed by atoms with E-state index in [-0.39, 0.29) is 11.5 Å². The highest BCUT2D eigenvalue weighted by Gasteiger charge is 2.25. The number of nitro groups is 1. The van der Waals surface area contributed by atoms with E-state index in [1.165, 1.54) is 0 Å². The number of carbonyl (C=O) groups is 1. The van der Waals surface area contributed by atoms with Crippen molar-refractivity contribution < 1.29 is 14.1 Å². The van der Waals surface area contributed by atoms with Gasteiger partial charge in [0.25, 0.3) is 11.6 Å². The third-order valence-electron chi connectivity index (χ3n) is 3.66. The van der Waals surface area contributed by atoms with Gasteiger partial charge >= 0.3 is 0 Å². The summed E-state index contributed by atoms with van der Waals surface area (Å²) in [5.41, 5.74) is -0.388. The maximum absolute atomic E-state index is 13.4. The Labute approximate surface area is 126 Å². The van der Waals surface area contributed by atoms with E-state index in [9.17, 15) is 19.3 Å². The van der Waals surface area contributed by atoms with E-state index in [0.29, 0.717) is 24.9 Å². The Morgan fingerprint density at radius 2 is 2.24 bits per heavy atom. The van der Waals surface area contributed by atoms with Crippen LogP contribution in [-0.4, -0.2) is 34.7 Å². The smallest absolute Gasteiger partial charge is 0.273 e. The van der Waals surface area contributed by atoms with Gasteiger partial charge in [-0.15, -0.1) is 11.6 Å². The van der Waals surface area contributed by atoms with Crippen LogP contribution < -0.4 is 0 Å². The van der Waals surface area contributed by atoms with Gasteiger partial charge in [-0.25, -0.2) is 4.39 Å². The van der Waals surface area contributed by atoms with E-state index < -0.39 is 16.4 Å². The van der Waals surface area contributed by atoms with Crippen LogP contribution >= 0.6 is 11.6 Å². The van der Waals surface area contributed by atoms with Crippen LogP contribution in [0, 0.1) is 21.8 Å². The van der Waals surface area contributed by atoms with Crippen molar-refractivity contribution in [1.29, 1.82) is 0 Å². The number of alkyl halides is 1. The first-order valence-corrected chi connectivity index (χ1v) is 7.35. The molecule has 1 saturated heterocycles. The molecule has 5 nitrogen and oxygen atoms in total. The Balaban J connectivity index is 2.17. The van der Waals surface area contributed by atoms with E-state index in [0.717, 1.165) is 37.5 Å². The zero-order valence-corrected chi connectivity index (χ0v) is 12.2. The molecular formula is C14H16ClFN2O3. The Bertz CT molecular complexity index is 551. The van der Waals surface area contributed by atoms with Gasteiger partial charge in [0.1, 0.15) is 5.82 Å². The number of hydrogen-bond acceptors (Lipinski definition) is 3. The van der Waals surface area contributed by atoms with Crippen molar-refractivity contribution in [2.24, 2.45) is 5.92 Å². The first-order chi connectivity index (χ1) is 10.0. The van der Waals surface area contributed by atoms with Crippen LogP contribution in [0.3, 0.4) is 0 Å². The van der Waals surface area contributed by atoms with Gasteiger partial charge in [-0.1, -0.05) is 0 Å².